The van der Waals surface area contributed by atoms with Gasteiger partial charge in [0.15, 0.2) is 0 Å². The number of rotatable bonds is 8. The fourth-order valence-electron chi connectivity index (χ4n) is 2.11. The van der Waals surface area contributed by atoms with Gasteiger partial charge in [0.2, 0.25) is 5.91 Å². The summed E-state index contributed by atoms with van der Waals surface area (Å²) in [5.74, 6) is 0.414. The highest BCUT2D eigenvalue weighted by atomic mass is 32.2. The Kier molecular flexibility index (Phi) is 6.78. The van der Waals surface area contributed by atoms with Crippen molar-refractivity contribution in [3.63, 3.8) is 0 Å². The third-order valence-electron chi connectivity index (χ3n) is 3.42. The molecule has 0 fully saturated rings. The van der Waals surface area contributed by atoms with E-state index in [1.165, 1.54) is 6.07 Å². The molecule has 0 aliphatic rings. The Morgan fingerprint density at radius 2 is 2.00 bits per heavy atom. The van der Waals surface area contributed by atoms with E-state index in [4.69, 9.17) is 4.42 Å². The molecule has 1 atom stereocenters. The molecule has 1 aromatic carbocycles. The molecule has 1 amide bonds. The molecule has 0 spiro atoms. The number of aromatic nitrogens is 2. The van der Waals surface area contributed by atoms with Crippen molar-refractivity contribution >= 4 is 17.7 Å². The summed E-state index contributed by atoms with van der Waals surface area (Å²) in [5.41, 5.74) is 0.253. The van der Waals surface area contributed by atoms with Crippen molar-refractivity contribution in [2.75, 3.05) is 5.75 Å². The summed E-state index contributed by atoms with van der Waals surface area (Å²) in [4.78, 5) is 11.9. The molecular weight excluding hydrogens is 329 g/mol. The normalized spacial score (nSPS) is 12.4. The number of hydrogen-bond acceptors (Lipinski definition) is 5. The maximum Gasteiger partial charge on any atom is 0.277 e. The molecule has 0 unspecified atom stereocenters. The fourth-order valence-corrected chi connectivity index (χ4v) is 2.69. The number of amides is 1. The predicted molar refractivity (Wildman–Crippen MR) is 92.1 cm³/mol. The first kappa shape index (κ1) is 18.4. The van der Waals surface area contributed by atoms with Crippen molar-refractivity contribution in [3.05, 3.63) is 30.1 Å². The molecular formula is C17H22FN3O2S. The van der Waals surface area contributed by atoms with Crippen LogP contribution in [-0.2, 0) is 4.79 Å². The maximum absolute atomic E-state index is 13.7. The van der Waals surface area contributed by atoms with E-state index in [2.05, 4.69) is 29.4 Å². The quantitative estimate of drug-likeness (QED) is 0.730. The Labute approximate surface area is 145 Å². The first-order chi connectivity index (χ1) is 11.5. The van der Waals surface area contributed by atoms with Crippen LogP contribution in [0.15, 0.2) is 33.9 Å². The molecule has 0 aliphatic heterocycles. The highest BCUT2D eigenvalue weighted by Crippen LogP contribution is 2.24. The number of nitrogens with one attached hydrogen (secondary N) is 1. The molecule has 0 saturated heterocycles. The molecule has 5 nitrogen and oxygen atoms in total. The van der Waals surface area contributed by atoms with Gasteiger partial charge >= 0.3 is 0 Å². The number of hydrogen-bond donors (Lipinski definition) is 1. The van der Waals surface area contributed by atoms with Crippen LogP contribution < -0.4 is 5.32 Å². The fraction of sp³-hybridized carbons (Fsp3) is 0.471. The standard InChI is InChI=1S/C17H22FN3O2S/c1-11(2)8-9-12(3)19-15(22)10-24-17-21-20-16(23-17)13-6-4-5-7-14(13)18/h4-7,11-12H,8-10H2,1-3H3,(H,19,22)/t12-/m0/s1. The molecule has 2 aromatic rings. The van der Waals surface area contributed by atoms with E-state index in [1.807, 2.05) is 6.92 Å². The topological polar surface area (TPSA) is 68.0 Å². The van der Waals surface area contributed by atoms with Gasteiger partial charge in [-0.25, -0.2) is 4.39 Å². The molecule has 0 radical (unpaired) electrons. The summed E-state index contributed by atoms with van der Waals surface area (Å²) in [6, 6.07) is 6.33. The minimum Gasteiger partial charge on any atom is -0.411 e. The maximum atomic E-state index is 13.7. The van der Waals surface area contributed by atoms with Crippen molar-refractivity contribution in [2.45, 2.75) is 44.9 Å². The lowest BCUT2D eigenvalue weighted by Crippen LogP contribution is -2.34. The van der Waals surface area contributed by atoms with Gasteiger partial charge in [-0.2, -0.15) is 0 Å². The molecule has 2 rings (SSSR count). The van der Waals surface area contributed by atoms with Crippen LogP contribution in [0.5, 0.6) is 0 Å². The lowest BCUT2D eigenvalue weighted by molar-refractivity contribution is -0.119. The Morgan fingerprint density at radius 1 is 1.25 bits per heavy atom. The third kappa shape index (κ3) is 5.63. The molecule has 0 bridgehead atoms. The van der Waals surface area contributed by atoms with Gasteiger partial charge < -0.3 is 9.73 Å². The van der Waals surface area contributed by atoms with Gasteiger partial charge in [0.05, 0.1) is 11.3 Å². The number of nitrogens with zero attached hydrogens (tertiary/aromatic N) is 2. The second-order valence-electron chi connectivity index (χ2n) is 6.08. The van der Waals surface area contributed by atoms with Crippen molar-refractivity contribution < 1.29 is 13.6 Å². The van der Waals surface area contributed by atoms with E-state index in [-0.39, 0.29) is 34.4 Å². The van der Waals surface area contributed by atoms with Gasteiger partial charge in [0.1, 0.15) is 5.82 Å². The zero-order valence-electron chi connectivity index (χ0n) is 14.1. The molecule has 1 aromatic heterocycles. The summed E-state index contributed by atoms with van der Waals surface area (Å²) >= 11 is 1.14. The summed E-state index contributed by atoms with van der Waals surface area (Å²) in [6.07, 6.45) is 2.02. The summed E-state index contributed by atoms with van der Waals surface area (Å²) in [7, 11) is 0. The van der Waals surface area contributed by atoms with Gasteiger partial charge in [-0.1, -0.05) is 37.7 Å². The van der Waals surface area contributed by atoms with Crippen LogP contribution in [0.4, 0.5) is 4.39 Å². The predicted octanol–water partition coefficient (Wildman–Crippen LogP) is 3.91. The van der Waals surface area contributed by atoms with Crippen molar-refractivity contribution in [2.24, 2.45) is 5.92 Å². The van der Waals surface area contributed by atoms with Gasteiger partial charge in [0, 0.05) is 6.04 Å². The van der Waals surface area contributed by atoms with Gasteiger partial charge in [-0.3, -0.25) is 4.79 Å². The van der Waals surface area contributed by atoms with Crippen LogP contribution in [0.25, 0.3) is 11.5 Å². The van der Waals surface area contributed by atoms with Gasteiger partial charge in [0.25, 0.3) is 11.1 Å². The average molecular weight is 351 g/mol. The van der Waals surface area contributed by atoms with Crippen molar-refractivity contribution in [3.8, 4) is 11.5 Å². The zero-order chi connectivity index (χ0) is 17.5. The Morgan fingerprint density at radius 3 is 2.71 bits per heavy atom. The van der Waals surface area contributed by atoms with Gasteiger partial charge in [-0.05, 0) is 37.8 Å². The van der Waals surface area contributed by atoms with Crippen LogP contribution in [0, 0.1) is 11.7 Å². The van der Waals surface area contributed by atoms with E-state index < -0.39 is 5.82 Å². The molecule has 0 aliphatic carbocycles. The van der Waals surface area contributed by atoms with E-state index in [0.29, 0.717) is 5.92 Å². The largest absolute Gasteiger partial charge is 0.411 e. The first-order valence-electron chi connectivity index (χ1n) is 7.96. The molecule has 130 valence electrons. The highest BCUT2D eigenvalue weighted by molar-refractivity contribution is 7.99. The molecule has 24 heavy (non-hydrogen) atoms. The number of carbonyl (C=O) groups excluding carboxylic acids is 1. The smallest absolute Gasteiger partial charge is 0.277 e. The number of thioether (sulfide) groups is 1. The van der Waals surface area contributed by atoms with Crippen molar-refractivity contribution in [1.82, 2.24) is 15.5 Å². The molecule has 0 saturated carbocycles. The molecule has 1 N–H and O–H groups in total. The Hall–Kier alpha value is -1.89. The number of halogens is 1. The highest BCUT2D eigenvalue weighted by Gasteiger charge is 2.14. The third-order valence-corrected chi connectivity index (χ3v) is 4.24. The van der Waals surface area contributed by atoms with E-state index >= 15 is 0 Å². The Balaban J connectivity index is 1.83. The minimum absolute atomic E-state index is 0.0816. The monoisotopic (exact) mass is 351 g/mol. The van der Waals surface area contributed by atoms with Crippen LogP contribution in [0.2, 0.25) is 0 Å². The molecule has 7 heteroatoms. The van der Waals surface area contributed by atoms with Crippen LogP contribution >= 0.6 is 11.8 Å². The molecule has 1 heterocycles. The first-order valence-corrected chi connectivity index (χ1v) is 8.95. The van der Waals surface area contributed by atoms with E-state index in [9.17, 15) is 9.18 Å². The lowest BCUT2D eigenvalue weighted by atomic mass is 10.0. The summed E-state index contributed by atoms with van der Waals surface area (Å²) in [6.45, 7) is 6.31. The minimum atomic E-state index is -0.422. The zero-order valence-corrected chi connectivity index (χ0v) is 14.9. The van der Waals surface area contributed by atoms with Crippen LogP contribution in [-0.4, -0.2) is 27.9 Å². The van der Waals surface area contributed by atoms with E-state index in [0.717, 1.165) is 24.6 Å². The second kappa shape index (κ2) is 8.82. The van der Waals surface area contributed by atoms with E-state index in [1.54, 1.807) is 18.2 Å². The summed E-state index contributed by atoms with van der Waals surface area (Å²) in [5, 5.41) is 10.9. The number of benzene rings is 1. The Bertz CT molecular complexity index is 675. The van der Waals surface area contributed by atoms with Crippen molar-refractivity contribution in [1.29, 1.82) is 0 Å². The lowest BCUT2D eigenvalue weighted by Gasteiger charge is -2.14. The van der Waals surface area contributed by atoms with Crippen LogP contribution in [0.1, 0.15) is 33.6 Å². The SMILES string of the molecule is CC(C)CC[C@H](C)NC(=O)CSc1nnc(-c2ccccc2F)o1. The second-order valence-corrected chi connectivity index (χ2v) is 7.01. The number of carbonyl (C=O) groups is 1. The summed E-state index contributed by atoms with van der Waals surface area (Å²) < 4.78 is 19.1. The van der Waals surface area contributed by atoms with Crippen LogP contribution in [0.3, 0.4) is 0 Å². The average Bonchev–Trinajstić information content (AvgIpc) is 3.00. The van der Waals surface area contributed by atoms with Gasteiger partial charge in [-0.15, -0.1) is 10.2 Å².